The van der Waals surface area contributed by atoms with Crippen LogP contribution in [0.15, 0.2) is 48.8 Å². The van der Waals surface area contributed by atoms with Crippen LogP contribution in [-0.2, 0) is 14.5 Å². The molecule has 31 heavy (non-hydrogen) atoms. The summed E-state index contributed by atoms with van der Waals surface area (Å²) < 4.78 is 47.9. The van der Waals surface area contributed by atoms with Crippen molar-refractivity contribution in [1.29, 1.82) is 0 Å². The first-order valence-corrected chi connectivity index (χ1v) is 11.0. The number of rotatable bonds is 6. The van der Waals surface area contributed by atoms with Crippen LogP contribution in [0.3, 0.4) is 0 Å². The van der Waals surface area contributed by atoms with Crippen molar-refractivity contribution in [3.8, 4) is 16.9 Å². The molecule has 3 aromatic rings. The van der Waals surface area contributed by atoms with E-state index < -0.39 is 27.2 Å². The van der Waals surface area contributed by atoms with Crippen LogP contribution in [0.5, 0.6) is 5.75 Å². The first kappa shape index (κ1) is 22.2. The highest BCUT2D eigenvalue weighted by molar-refractivity contribution is 7.99. The lowest BCUT2D eigenvalue weighted by molar-refractivity contribution is -0.117. The van der Waals surface area contributed by atoms with Crippen LogP contribution in [0.4, 0.5) is 20.4 Å². The minimum Gasteiger partial charge on any atom is -0.496 e. The summed E-state index contributed by atoms with van der Waals surface area (Å²) >= 11 is 0. The first-order valence-electron chi connectivity index (χ1n) is 9.01. The van der Waals surface area contributed by atoms with Gasteiger partial charge in [-0.3, -0.25) is 9.52 Å². The zero-order valence-electron chi connectivity index (χ0n) is 17.0. The molecule has 0 aliphatic rings. The van der Waals surface area contributed by atoms with Gasteiger partial charge in [-0.05, 0) is 35.9 Å². The number of carbonyl (C=O) groups is 1. The minimum atomic E-state index is -2.72. The summed E-state index contributed by atoms with van der Waals surface area (Å²) in [4.78, 5) is 19.4. The lowest BCUT2D eigenvalue weighted by atomic mass is 10.0. The van der Waals surface area contributed by atoms with Gasteiger partial charge in [-0.2, -0.15) is 0 Å². The van der Waals surface area contributed by atoms with E-state index in [9.17, 15) is 17.8 Å². The Hall–Kier alpha value is -3.53. The average Bonchev–Trinajstić information content (AvgIpc) is 2.68. The normalized spacial score (nSPS) is 12.5. The smallest absolute Gasteiger partial charge is 0.228 e. The molecule has 2 heterocycles. The molecule has 0 radical (unpaired) electrons. The monoisotopic (exact) mass is 446 g/mol. The zero-order valence-corrected chi connectivity index (χ0v) is 17.8. The van der Waals surface area contributed by atoms with Gasteiger partial charge in [-0.1, -0.05) is 0 Å². The van der Waals surface area contributed by atoms with Crippen molar-refractivity contribution in [3.05, 3.63) is 66.0 Å². The molecule has 7 nitrogen and oxygen atoms in total. The molecule has 1 unspecified atom stereocenters. The number of halogens is 2. The Labute approximate surface area is 178 Å². The van der Waals surface area contributed by atoms with Crippen molar-refractivity contribution < 1.29 is 22.5 Å². The number of nitrogens with one attached hydrogen (secondary N) is 2. The van der Waals surface area contributed by atoms with E-state index in [4.69, 9.17) is 4.74 Å². The predicted molar refractivity (Wildman–Crippen MR) is 117 cm³/mol. The van der Waals surface area contributed by atoms with E-state index in [2.05, 4.69) is 20.0 Å². The van der Waals surface area contributed by atoms with Crippen molar-refractivity contribution in [2.45, 2.75) is 6.92 Å². The highest BCUT2D eigenvalue weighted by Crippen LogP contribution is 2.33. The minimum absolute atomic E-state index is 0.166. The summed E-state index contributed by atoms with van der Waals surface area (Å²) in [5.74, 6) is -0.685. The summed E-state index contributed by atoms with van der Waals surface area (Å²) in [7, 11) is -1.35. The second kappa shape index (κ2) is 9.09. The molecule has 0 saturated carbocycles. The zero-order chi connectivity index (χ0) is 22.6. The van der Waals surface area contributed by atoms with E-state index in [1.165, 1.54) is 56.1 Å². The number of aromatic nitrogens is 2. The van der Waals surface area contributed by atoms with Crippen LogP contribution in [-0.4, -0.2) is 38.8 Å². The highest BCUT2D eigenvalue weighted by atomic mass is 32.2. The van der Waals surface area contributed by atoms with Gasteiger partial charge in [-0.25, -0.2) is 23.0 Å². The number of pyridine rings is 2. The average molecular weight is 446 g/mol. The maximum Gasteiger partial charge on any atom is 0.228 e. The summed E-state index contributed by atoms with van der Waals surface area (Å²) in [5, 5.41) is 4.38. The summed E-state index contributed by atoms with van der Waals surface area (Å²) in [6, 6.07) is 8.48. The Morgan fingerprint density at radius 3 is 2.55 bits per heavy atom. The molecule has 3 rings (SSSR count). The number of amides is 1. The highest BCUT2D eigenvalue weighted by Gasteiger charge is 2.14. The second-order valence-corrected chi connectivity index (χ2v) is 8.92. The second-order valence-electron chi connectivity index (χ2n) is 6.67. The third-order valence-electron chi connectivity index (χ3n) is 4.06. The van der Waals surface area contributed by atoms with Crippen molar-refractivity contribution >= 4 is 32.6 Å². The third kappa shape index (κ3) is 5.76. The molecule has 162 valence electrons. The van der Waals surface area contributed by atoms with Gasteiger partial charge in [0.05, 0.1) is 23.0 Å². The van der Waals surface area contributed by atoms with Gasteiger partial charge in [0.25, 0.3) is 0 Å². The molecule has 0 bridgehead atoms. The fraction of sp³-hybridized carbons (Fsp3) is 0.143. The summed E-state index contributed by atoms with van der Waals surface area (Å²) in [5.41, 5.74) is 1.09. The molecule has 2 N–H and O–H groups in total. The molecular formula is C21H20F2N4O3S. The molecule has 0 fully saturated rings. The lowest BCUT2D eigenvalue weighted by Crippen LogP contribution is -2.28. The number of benzene rings is 1. The molecular weight excluding hydrogens is 426 g/mol. The van der Waals surface area contributed by atoms with Crippen molar-refractivity contribution in [1.82, 2.24) is 14.7 Å². The summed E-state index contributed by atoms with van der Waals surface area (Å²) in [6.07, 6.45) is 3.93. The molecule has 0 aliphatic carbocycles. The van der Waals surface area contributed by atoms with E-state index in [-0.39, 0.29) is 17.1 Å². The van der Waals surface area contributed by atoms with Gasteiger partial charge in [0.2, 0.25) is 5.91 Å². The van der Waals surface area contributed by atoms with Crippen LogP contribution >= 0.6 is 0 Å². The quantitative estimate of drug-likeness (QED) is 0.565. The number of nitrogens with zero attached hydrogens (tertiary/aromatic N) is 2. The molecule has 1 aromatic carbocycles. The number of methoxy groups -OCH3 is 1. The molecule has 1 amide bonds. The Balaban J connectivity index is 1.93. The molecule has 1 atom stereocenters. The van der Waals surface area contributed by atoms with Crippen molar-refractivity contribution in [2.24, 2.45) is 0 Å². The van der Waals surface area contributed by atoms with E-state index in [1.54, 1.807) is 12.1 Å². The molecule has 2 aromatic heterocycles. The first-order chi connectivity index (χ1) is 14.7. The predicted octanol–water partition coefficient (Wildman–Crippen LogP) is 3.29. The molecule has 0 aliphatic heterocycles. The third-order valence-corrected chi connectivity index (χ3v) is 5.47. The van der Waals surface area contributed by atoms with Crippen LogP contribution in [0.2, 0.25) is 0 Å². The van der Waals surface area contributed by atoms with E-state index in [0.717, 1.165) is 6.20 Å². The van der Waals surface area contributed by atoms with Crippen LogP contribution in [0.25, 0.3) is 11.1 Å². The Bertz CT molecular complexity index is 1260. The molecule has 0 saturated heterocycles. The largest absolute Gasteiger partial charge is 0.496 e. The number of ether oxygens (including phenoxy) is 1. The van der Waals surface area contributed by atoms with Crippen LogP contribution in [0, 0.1) is 11.6 Å². The number of hydrogen-bond acceptors (Lipinski definition) is 6. The van der Waals surface area contributed by atoms with Gasteiger partial charge in [0.15, 0.2) is 0 Å². The lowest BCUT2D eigenvalue weighted by Gasteiger charge is -2.12. The van der Waals surface area contributed by atoms with Gasteiger partial charge >= 0.3 is 0 Å². The van der Waals surface area contributed by atoms with Gasteiger partial charge in [-0.15, -0.1) is 0 Å². The van der Waals surface area contributed by atoms with Crippen molar-refractivity contribution in [2.75, 3.05) is 18.7 Å². The van der Waals surface area contributed by atoms with Crippen LogP contribution < -0.4 is 14.8 Å². The van der Waals surface area contributed by atoms with E-state index >= 15 is 0 Å². The SMILES string of the molecule is COc1cc(F)ccc1-c1cc(Nc2cc(C=S(C)(=O)NC(C)=O)ccn2)ncc1F. The fourth-order valence-corrected chi connectivity index (χ4v) is 4.19. The van der Waals surface area contributed by atoms with Gasteiger partial charge < -0.3 is 10.1 Å². The Morgan fingerprint density at radius 2 is 1.84 bits per heavy atom. The maximum absolute atomic E-state index is 14.4. The molecule has 10 heteroatoms. The number of carbonyl (C=O) groups excluding carboxylic acids is 1. The van der Waals surface area contributed by atoms with Crippen LogP contribution in [0.1, 0.15) is 12.5 Å². The van der Waals surface area contributed by atoms with E-state index in [1.807, 2.05) is 0 Å². The topological polar surface area (TPSA) is 93.2 Å². The molecule has 0 spiro atoms. The maximum atomic E-state index is 14.4. The van der Waals surface area contributed by atoms with Gasteiger partial charge in [0.1, 0.15) is 29.0 Å². The standard InChI is InChI=1S/C21H20F2N4O3S/c1-13(28)27-31(3,29)12-14-6-7-24-20(8-14)26-21-10-17(18(23)11-25-21)16-5-4-15(22)9-19(16)30-2/h4-12H,1-3H3,(H,24,25,26)(H,27,28,29). The summed E-state index contributed by atoms with van der Waals surface area (Å²) in [6.45, 7) is 1.28. The fourth-order valence-electron chi connectivity index (χ4n) is 2.90. The van der Waals surface area contributed by atoms with Crippen molar-refractivity contribution in [3.63, 3.8) is 0 Å². The Kier molecular flexibility index (Phi) is 6.50. The number of anilines is 2. The van der Waals surface area contributed by atoms with E-state index in [0.29, 0.717) is 16.9 Å². The number of hydrogen-bond donors (Lipinski definition) is 2. The van der Waals surface area contributed by atoms with Gasteiger partial charge in [0, 0.05) is 41.9 Å². The Morgan fingerprint density at radius 1 is 1.10 bits per heavy atom.